The number of nitrogens with zero attached hydrogens (tertiary/aromatic N) is 2. The Morgan fingerprint density at radius 3 is 2.60 bits per heavy atom. The van der Waals surface area contributed by atoms with Gasteiger partial charge in [0.05, 0.1) is 6.42 Å². The third kappa shape index (κ3) is 2.45. The van der Waals surface area contributed by atoms with Crippen LogP contribution in [0.4, 0.5) is 0 Å². The predicted octanol–water partition coefficient (Wildman–Crippen LogP) is -0.850. The lowest BCUT2D eigenvalue weighted by Crippen LogP contribution is -2.57. The molecule has 1 heterocycles. The van der Waals surface area contributed by atoms with Crippen LogP contribution in [0.15, 0.2) is 0 Å². The van der Waals surface area contributed by atoms with Gasteiger partial charge in [-0.2, -0.15) is 0 Å². The van der Waals surface area contributed by atoms with Gasteiger partial charge in [-0.25, -0.2) is 0 Å². The molecule has 1 N–H and O–H groups in total. The Balaban J connectivity index is 2.63. The van der Waals surface area contributed by atoms with Crippen LogP contribution in [0.25, 0.3) is 0 Å². The Bertz CT molecular complexity index is 302. The Hall–Kier alpha value is -1.59. The van der Waals surface area contributed by atoms with Crippen LogP contribution < -0.4 is 0 Å². The van der Waals surface area contributed by atoms with Crippen LogP contribution >= 0.6 is 0 Å². The van der Waals surface area contributed by atoms with E-state index in [-0.39, 0.29) is 19.0 Å². The lowest BCUT2D eigenvalue weighted by molar-refractivity contribution is -0.157. The van der Waals surface area contributed by atoms with E-state index in [2.05, 4.69) is 0 Å². The molecule has 6 nitrogen and oxygen atoms in total. The van der Waals surface area contributed by atoms with E-state index < -0.39 is 17.8 Å². The molecule has 1 fully saturated rings. The zero-order valence-electron chi connectivity index (χ0n) is 8.77. The second kappa shape index (κ2) is 4.29. The average Bonchev–Trinajstić information content (AvgIpc) is 2.18. The number of rotatable bonds is 3. The Kier molecular flexibility index (Phi) is 3.28. The number of aliphatic carboxylic acids is 1. The molecule has 15 heavy (non-hydrogen) atoms. The van der Waals surface area contributed by atoms with Crippen molar-refractivity contribution in [3.05, 3.63) is 0 Å². The summed E-state index contributed by atoms with van der Waals surface area (Å²) in [4.78, 5) is 35.8. The van der Waals surface area contributed by atoms with E-state index in [9.17, 15) is 14.4 Å². The number of carbonyl (C=O) groups is 3. The third-order valence-corrected chi connectivity index (χ3v) is 2.53. The molecule has 0 spiro atoms. The normalized spacial score (nSPS) is 22.1. The molecule has 1 saturated heterocycles. The van der Waals surface area contributed by atoms with Crippen LogP contribution in [0.5, 0.6) is 0 Å². The highest BCUT2D eigenvalue weighted by Crippen LogP contribution is 2.09. The number of piperazine rings is 1. The monoisotopic (exact) mass is 214 g/mol. The third-order valence-electron chi connectivity index (χ3n) is 2.53. The minimum Gasteiger partial charge on any atom is -0.481 e. The summed E-state index contributed by atoms with van der Waals surface area (Å²) in [6.07, 6.45) is -0.130. The first-order chi connectivity index (χ1) is 6.93. The van der Waals surface area contributed by atoms with Crippen LogP contribution in [-0.4, -0.2) is 58.9 Å². The van der Waals surface area contributed by atoms with Gasteiger partial charge >= 0.3 is 17.8 Å². The lowest BCUT2D eigenvalue weighted by atomic mass is 10.2. The van der Waals surface area contributed by atoms with Gasteiger partial charge in [0.15, 0.2) is 0 Å². The molecular weight excluding hydrogens is 200 g/mol. The number of carboxylic acids is 1. The number of hydrogen-bond acceptors (Lipinski definition) is 3. The predicted molar refractivity (Wildman–Crippen MR) is 51.1 cm³/mol. The highest BCUT2D eigenvalue weighted by atomic mass is 16.4. The first kappa shape index (κ1) is 11.5. The highest BCUT2D eigenvalue weighted by Gasteiger charge is 2.34. The van der Waals surface area contributed by atoms with Gasteiger partial charge in [-0.05, 0) is 6.92 Å². The van der Waals surface area contributed by atoms with Crippen molar-refractivity contribution in [1.29, 1.82) is 0 Å². The van der Waals surface area contributed by atoms with Gasteiger partial charge in [0.2, 0.25) is 0 Å². The molecule has 0 aromatic carbocycles. The van der Waals surface area contributed by atoms with E-state index in [0.717, 1.165) is 0 Å². The molecule has 6 heteroatoms. The van der Waals surface area contributed by atoms with Gasteiger partial charge in [-0.3, -0.25) is 14.4 Å². The summed E-state index contributed by atoms with van der Waals surface area (Å²) in [6, 6.07) is -0.0657. The number of hydrogen-bond donors (Lipinski definition) is 1. The first-order valence-corrected chi connectivity index (χ1v) is 4.71. The molecule has 1 rings (SSSR count). The summed E-state index contributed by atoms with van der Waals surface area (Å²) in [5.74, 6) is -2.15. The van der Waals surface area contributed by atoms with Gasteiger partial charge in [-0.15, -0.1) is 0 Å². The quantitative estimate of drug-likeness (QED) is 0.621. The molecule has 0 aromatic heterocycles. The van der Waals surface area contributed by atoms with E-state index in [0.29, 0.717) is 6.54 Å². The molecule has 2 amide bonds. The molecule has 0 aromatic rings. The SMILES string of the molecule is CC1CN(CCC(=O)O)C(=O)C(=O)N1C. The molecule has 0 bridgehead atoms. The summed E-state index contributed by atoms with van der Waals surface area (Å²) < 4.78 is 0. The van der Waals surface area contributed by atoms with Gasteiger partial charge in [0.1, 0.15) is 0 Å². The molecule has 1 aliphatic heterocycles. The van der Waals surface area contributed by atoms with E-state index in [1.807, 2.05) is 6.92 Å². The van der Waals surface area contributed by atoms with Crippen molar-refractivity contribution in [2.45, 2.75) is 19.4 Å². The van der Waals surface area contributed by atoms with Crippen molar-refractivity contribution in [3.8, 4) is 0 Å². The average molecular weight is 214 g/mol. The molecule has 1 aliphatic rings. The van der Waals surface area contributed by atoms with Crippen LogP contribution in [-0.2, 0) is 14.4 Å². The standard InChI is InChI=1S/C9H14N2O4/c1-6-5-11(4-3-7(12)13)9(15)8(14)10(6)2/h6H,3-5H2,1-2H3,(H,12,13). The lowest BCUT2D eigenvalue weighted by Gasteiger charge is -2.36. The number of amides is 2. The number of carboxylic acid groups (broad SMARTS) is 1. The van der Waals surface area contributed by atoms with Crippen LogP contribution in [0, 0.1) is 0 Å². The molecular formula is C9H14N2O4. The summed E-state index contributed by atoms with van der Waals surface area (Å²) in [5.41, 5.74) is 0. The van der Waals surface area contributed by atoms with Crippen LogP contribution in [0.2, 0.25) is 0 Å². The highest BCUT2D eigenvalue weighted by molar-refractivity contribution is 6.35. The Morgan fingerprint density at radius 2 is 2.07 bits per heavy atom. The number of likely N-dealkylation sites (N-methyl/N-ethyl adjacent to an activating group) is 1. The van der Waals surface area contributed by atoms with Gasteiger partial charge in [0, 0.05) is 26.2 Å². The first-order valence-electron chi connectivity index (χ1n) is 4.71. The van der Waals surface area contributed by atoms with Crippen molar-refractivity contribution < 1.29 is 19.5 Å². The summed E-state index contributed by atoms with van der Waals surface area (Å²) >= 11 is 0. The minimum absolute atomic E-state index is 0.0657. The fourth-order valence-electron chi connectivity index (χ4n) is 1.43. The van der Waals surface area contributed by atoms with Crippen molar-refractivity contribution in [1.82, 2.24) is 9.80 Å². The molecule has 0 aliphatic carbocycles. The van der Waals surface area contributed by atoms with Crippen LogP contribution in [0.1, 0.15) is 13.3 Å². The molecule has 0 radical (unpaired) electrons. The summed E-state index contributed by atoms with van der Waals surface area (Å²) in [7, 11) is 1.57. The largest absolute Gasteiger partial charge is 0.481 e. The smallest absolute Gasteiger partial charge is 0.312 e. The molecule has 1 unspecified atom stereocenters. The summed E-state index contributed by atoms with van der Waals surface area (Å²) in [5, 5.41) is 8.48. The second-order valence-corrected chi connectivity index (χ2v) is 3.66. The van der Waals surface area contributed by atoms with Crippen molar-refractivity contribution >= 4 is 17.8 Å². The minimum atomic E-state index is -0.971. The van der Waals surface area contributed by atoms with E-state index >= 15 is 0 Å². The summed E-state index contributed by atoms with van der Waals surface area (Å²) in [6.45, 7) is 2.31. The van der Waals surface area contributed by atoms with Gasteiger partial charge < -0.3 is 14.9 Å². The van der Waals surface area contributed by atoms with E-state index in [1.165, 1.54) is 9.80 Å². The fourth-order valence-corrected chi connectivity index (χ4v) is 1.43. The van der Waals surface area contributed by atoms with E-state index in [1.54, 1.807) is 7.05 Å². The second-order valence-electron chi connectivity index (χ2n) is 3.66. The maximum absolute atomic E-state index is 11.4. The Labute approximate surface area is 87.5 Å². The number of carbonyl (C=O) groups excluding carboxylic acids is 2. The zero-order valence-corrected chi connectivity index (χ0v) is 8.77. The van der Waals surface area contributed by atoms with Crippen molar-refractivity contribution in [3.63, 3.8) is 0 Å². The molecule has 84 valence electrons. The molecule has 1 atom stereocenters. The molecule has 0 saturated carbocycles. The van der Waals surface area contributed by atoms with Gasteiger partial charge in [0.25, 0.3) is 0 Å². The fraction of sp³-hybridized carbons (Fsp3) is 0.667. The maximum atomic E-state index is 11.4. The zero-order chi connectivity index (χ0) is 11.6. The van der Waals surface area contributed by atoms with E-state index in [4.69, 9.17) is 5.11 Å². The Morgan fingerprint density at radius 1 is 1.47 bits per heavy atom. The topological polar surface area (TPSA) is 77.9 Å². The van der Waals surface area contributed by atoms with Gasteiger partial charge in [-0.1, -0.05) is 0 Å². The van der Waals surface area contributed by atoms with Crippen molar-refractivity contribution in [2.75, 3.05) is 20.1 Å². The van der Waals surface area contributed by atoms with Crippen LogP contribution in [0.3, 0.4) is 0 Å². The van der Waals surface area contributed by atoms with Crippen molar-refractivity contribution in [2.24, 2.45) is 0 Å². The maximum Gasteiger partial charge on any atom is 0.312 e.